The fourth-order valence-electron chi connectivity index (χ4n) is 2.24. The minimum Gasteiger partial charge on any atom is -0.378 e. The van der Waals surface area contributed by atoms with Crippen molar-refractivity contribution in [1.29, 1.82) is 0 Å². The smallest absolute Gasteiger partial charge is 0.228 e. The lowest BCUT2D eigenvalue weighted by atomic mass is 10.1. The largest absolute Gasteiger partial charge is 0.378 e. The van der Waals surface area contributed by atoms with Crippen molar-refractivity contribution in [3.05, 3.63) is 24.3 Å². The van der Waals surface area contributed by atoms with Crippen LogP contribution >= 0.6 is 0 Å². The van der Waals surface area contributed by atoms with E-state index in [2.05, 4.69) is 15.5 Å². The summed E-state index contributed by atoms with van der Waals surface area (Å²) in [5.74, 6) is -0.00241. The molecule has 5 nitrogen and oxygen atoms in total. The summed E-state index contributed by atoms with van der Waals surface area (Å²) in [6, 6.07) is 8.00. The van der Waals surface area contributed by atoms with Crippen molar-refractivity contribution in [3.8, 4) is 0 Å². The second-order valence-corrected chi connectivity index (χ2v) is 5.09. The fourth-order valence-corrected chi connectivity index (χ4v) is 2.24. The van der Waals surface area contributed by atoms with Gasteiger partial charge in [-0.15, -0.1) is 0 Å². The Hall–Kier alpha value is -1.59. The highest BCUT2D eigenvalue weighted by molar-refractivity contribution is 5.92. The van der Waals surface area contributed by atoms with E-state index in [4.69, 9.17) is 4.74 Å². The summed E-state index contributed by atoms with van der Waals surface area (Å²) in [5.41, 5.74) is 2.02. The third-order valence-corrected chi connectivity index (χ3v) is 3.47. The molecule has 1 amide bonds. The van der Waals surface area contributed by atoms with E-state index in [1.54, 1.807) is 0 Å². The lowest BCUT2D eigenvalue weighted by Gasteiger charge is -2.28. The van der Waals surface area contributed by atoms with E-state index >= 15 is 0 Å². The number of morpholine rings is 1. The summed E-state index contributed by atoms with van der Waals surface area (Å²) >= 11 is 0. The van der Waals surface area contributed by atoms with Crippen molar-refractivity contribution in [2.75, 3.05) is 50.1 Å². The van der Waals surface area contributed by atoms with E-state index in [0.717, 1.165) is 32.0 Å². The van der Waals surface area contributed by atoms with Crippen LogP contribution in [0.2, 0.25) is 0 Å². The summed E-state index contributed by atoms with van der Waals surface area (Å²) in [7, 11) is 1.85. The molecule has 20 heavy (non-hydrogen) atoms. The molecule has 110 valence electrons. The topological polar surface area (TPSA) is 53.6 Å². The predicted molar refractivity (Wildman–Crippen MR) is 81.2 cm³/mol. The van der Waals surface area contributed by atoms with Gasteiger partial charge in [0, 0.05) is 36.9 Å². The van der Waals surface area contributed by atoms with Gasteiger partial charge in [0.25, 0.3) is 0 Å². The highest BCUT2D eigenvalue weighted by atomic mass is 16.5. The molecule has 1 aliphatic heterocycles. The Morgan fingerprint density at radius 1 is 1.30 bits per heavy atom. The van der Waals surface area contributed by atoms with Gasteiger partial charge in [-0.2, -0.15) is 0 Å². The van der Waals surface area contributed by atoms with Gasteiger partial charge in [-0.1, -0.05) is 6.92 Å². The standard InChI is InChI=1S/C15H23N3O2/c1-12(11-16-2)15(19)17-13-3-5-14(6-4-13)18-7-9-20-10-8-18/h3-6,12,16H,7-11H2,1-2H3,(H,17,19). The lowest BCUT2D eigenvalue weighted by Crippen LogP contribution is -2.36. The number of carbonyl (C=O) groups excluding carboxylic acids is 1. The Morgan fingerprint density at radius 2 is 1.95 bits per heavy atom. The van der Waals surface area contributed by atoms with Crippen molar-refractivity contribution in [1.82, 2.24) is 5.32 Å². The van der Waals surface area contributed by atoms with E-state index in [-0.39, 0.29) is 11.8 Å². The van der Waals surface area contributed by atoms with E-state index in [1.165, 1.54) is 5.69 Å². The minimum atomic E-state index is -0.0427. The summed E-state index contributed by atoms with van der Waals surface area (Å²) in [6.45, 7) is 5.99. The normalized spacial score (nSPS) is 16.8. The zero-order valence-electron chi connectivity index (χ0n) is 12.2. The number of hydrogen-bond acceptors (Lipinski definition) is 4. The zero-order valence-corrected chi connectivity index (χ0v) is 12.2. The van der Waals surface area contributed by atoms with Gasteiger partial charge < -0.3 is 20.3 Å². The van der Waals surface area contributed by atoms with Crippen LogP contribution in [0.5, 0.6) is 0 Å². The first-order valence-corrected chi connectivity index (χ1v) is 7.09. The van der Waals surface area contributed by atoms with Crippen LogP contribution in [0.4, 0.5) is 11.4 Å². The molecule has 0 bridgehead atoms. The average Bonchev–Trinajstić information content (AvgIpc) is 2.49. The third-order valence-electron chi connectivity index (χ3n) is 3.47. The van der Waals surface area contributed by atoms with Crippen molar-refractivity contribution in [2.24, 2.45) is 5.92 Å². The Kier molecular flexibility index (Phi) is 5.38. The third kappa shape index (κ3) is 3.95. The molecule has 2 N–H and O–H groups in total. The first kappa shape index (κ1) is 14.8. The van der Waals surface area contributed by atoms with Gasteiger partial charge in [-0.25, -0.2) is 0 Å². The van der Waals surface area contributed by atoms with Gasteiger partial charge in [0.2, 0.25) is 5.91 Å². The molecule has 1 saturated heterocycles. The first-order chi connectivity index (χ1) is 9.70. The van der Waals surface area contributed by atoms with Crippen molar-refractivity contribution < 1.29 is 9.53 Å². The molecule has 1 aliphatic rings. The number of amides is 1. The summed E-state index contributed by atoms with van der Waals surface area (Å²) in [6.07, 6.45) is 0. The minimum absolute atomic E-state index is 0.0403. The van der Waals surface area contributed by atoms with Crippen LogP contribution in [0.3, 0.4) is 0 Å². The van der Waals surface area contributed by atoms with Crippen LogP contribution in [0.25, 0.3) is 0 Å². The maximum absolute atomic E-state index is 11.9. The van der Waals surface area contributed by atoms with Gasteiger partial charge in [-0.05, 0) is 31.3 Å². The first-order valence-electron chi connectivity index (χ1n) is 7.09. The van der Waals surface area contributed by atoms with Crippen molar-refractivity contribution in [2.45, 2.75) is 6.92 Å². The second-order valence-electron chi connectivity index (χ2n) is 5.09. The molecule has 1 unspecified atom stereocenters. The molecule has 1 aromatic rings. The molecular formula is C15H23N3O2. The van der Waals surface area contributed by atoms with Gasteiger partial charge in [0.1, 0.15) is 0 Å². The second kappa shape index (κ2) is 7.26. The Morgan fingerprint density at radius 3 is 2.55 bits per heavy atom. The number of benzene rings is 1. The zero-order chi connectivity index (χ0) is 14.4. The molecule has 0 aliphatic carbocycles. The summed E-state index contributed by atoms with van der Waals surface area (Å²) < 4.78 is 5.34. The maximum atomic E-state index is 11.9. The highest BCUT2D eigenvalue weighted by Gasteiger charge is 2.13. The number of carbonyl (C=O) groups is 1. The molecule has 0 aromatic heterocycles. The number of anilines is 2. The van der Waals surface area contributed by atoms with Crippen LogP contribution < -0.4 is 15.5 Å². The van der Waals surface area contributed by atoms with E-state index < -0.39 is 0 Å². The van der Waals surface area contributed by atoms with Crippen LogP contribution in [-0.4, -0.2) is 45.8 Å². The number of ether oxygens (including phenoxy) is 1. The number of nitrogens with one attached hydrogen (secondary N) is 2. The fraction of sp³-hybridized carbons (Fsp3) is 0.533. The van der Waals surface area contributed by atoms with E-state index in [1.807, 2.05) is 38.2 Å². The summed E-state index contributed by atoms with van der Waals surface area (Å²) in [5, 5.41) is 5.94. The molecular weight excluding hydrogens is 254 g/mol. The molecule has 0 saturated carbocycles. The molecule has 0 spiro atoms. The molecule has 1 atom stereocenters. The number of rotatable bonds is 5. The van der Waals surface area contributed by atoms with E-state index in [9.17, 15) is 4.79 Å². The van der Waals surface area contributed by atoms with Crippen LogP contribution in [-0.2, 0) is 9.53 Å². The molecule has 1 fully saturated rings. The van der Waals surface area contributed by atoms with Crippen LogP contribution in [0.1, 0.15) is 6.92 Å². The van der Waals surface area contributed by atoms with Crippen molar-refractivity contribution in [3.63, 3.8) is 0 Å². The molecule has 5 heteroatoms. The lowest BCUT2D eigenvalue weighted by molar-refractivity contribution is -0.119. The quantitative estimate of drug-likeness (QED) is 0.852. The number of nitrogens with zero attached hydrogens (tertiary/aromatic N) is 1. The SMILES string of the molecule is CNCC(C)C(=O)Nc1ccc(N2CCOCC2)cc1. The van der Waals surface area contributed by atoms with Gasteiger partial charge in [0.15, 0.2) is 0 Å². The van der Waals surface area contributed by atoms with Gasteiger partial charge >= 0.3 is 0 Å². The molecule has 2 rings (SSSR count). The highest BCUT2D eigenvalue weighted by Crippen LogP contribution is 2.19. The molecule has 0 radical (unpaired) electrons. The van der Waals surface area contributed by atoms with Gasteiger partial charge in [-0.3, -0.25) is 4.79 Å². The Labute approximate surface area is 120 Å². The van der Waals surface area contributed by atoms with Gasteiger partial charge in [0.05, 0.1) is 13.2 Å². The molecule has 1 heterocycles. The van der Waals surface area contributed by atoms with Crippen molar-refractivity contribution >= 4 is 17.3 Å². The predicted octanol–water partition coefficient (Wildman–Crippen LogP) is 1.32. The Bertz CT molecular complexity index is 427. The number of hydrogen-bond donors (Lipinski definition) is 2. The monoisotopic (exact) mass is 277 g/mol. The Balaban J connectivity index is 1.92. The van der Waals surface area contributed by atoms with E-state index in [0.29, 0.717) is 6.54 Å². The maximum Gasteiger partial charge on any atom is 0.228 e. The van der Waals surface area contributed by atoms with Crippen LogP contribution in [0, 0.1) is 5.92 Å². The molecule has 1 aromatic carbocycles. The summed E-state index contributed by atoms with van der Waals surface area (Å²) in [4.78, 5) is 14.2. The van der Waals surface area contributed by atoms with Crippen LogP contribution in [0.15, 0.2) is 24.3 Å². The average molecular weight is 277 g/mol.